The van der Waals surface area contributed by atoms with Crippen molar-refractivity contribution in [2.45, 2.75) is 10.6 Å². The van der Waals surface area contributed by atoms with Gasteiger partial charge in [-0.05, 0) is 23.8 Å². The Kier molecular flexibility index (Phi) is 5.09. The molecule has 1 aromatic heterocycles. The zero-order valence-corrected chi connectivity index (χ0v) is 15.8. The van der Waals surface area contributed by atoms with Crippen LogP contribution in [-0.2, 0) is 15.6 Å². The van der Waals surface area contributed by atoms with Gasteiger partial charge in [0.05, 0.1) is 32.5 Å². The smallest absolute Gasteiger partial charge is 0.355 e. The van der Waals surface area contributed by atoms with Crippen molar-refractivity contribution < 1.29 is 27.0 Å². The van der Waals surface area contributed by atoms with Gasteiger partial charge >= 0.3 is 5.63 Å². The minimum absolute atomic E-state index is 0.180. The number of ether oxygens (including phenoxy) is 3. The van der Waals surface area contributed by atoms with Crippen LogP contribution in [0.25, 0.3) is 11.0 Å². The van der Waals surface area contributed by atoms with Crippen LogP contribution in [-0.4, -0.2) is 29.7 Å². The molecular formula is C19H18O7S. The van der Waals surface area contributed by atoms with Crippen molar-refractivity contribution in [1.29, 1.82) is 0 Å². The van der Waals surface area contributed by atoms with E-state index >= 15 is 0 Å². The molecule has 0 saturated heterocycles. The Morgan fingerprint density at radius 2 is 1.56 bits per heavy atom. The van der Waals surface area contributed by atoms with Gasteiger partial charge in [0.2, 0.25) is 0 Å². The monoisotopic (exact) mass is 390 g/mol. The van der Waals surface area contributed by atoms with Crippen molar-refractivity contribution in [2.75, 3.05) is 21.3 Å². The molecule has 8 heteroatoms. The van der Waals surface area contributed by atoms with Gasteiger partial charge in [-0.2, -0.15) is 0 Å². The van der Waals surface area contributed by atoms with Crippen LogP contribution in [0.4, 0.5) is 0 Å². The molecule has 0 N–H and O–H groups in total. The van der Waals surface area contributed by atoms with Gasteiger partial charge in [0.25, 0.3) is 0 Å². The first-order valence-corrected chi connectivity index (χ1v) is 9.58. The second-order valence-electron chi connectivity index (χ2n) is 5.75. The van der Waals surface area contributed by atoms with Crippen molar-refractivity contribution in [3.05, 3.63) is 58.4 Å². The van der Waals surface area contributed by atoms with Crippen molar-refractivity contribution in [3.8, 4) is 17.2 Å². The van der Waals surface area contributed by atoms with Crippen LogP contribution < -0.4 is 19.8 Å². The maximum absolute atomic E-state index is 12.8. The zero-order chi connectivity index (χ0) is 19.6. The highest BCUT2D eigenvalue weighted by atomic mass is 32.2. The standard InChI is InChI=1S/C19H18O7S/c1-23-13-6-4-12(5-7-13)11-27(21,22)18-10-15-16(25-3)8-14(24-2)9-17(15)26-19(18)20/h4-10H,11H2,1-3H3. The summed E-state index contributed by atoms with van der Waals surface area (Å²) in [6, 6.07) is 10.9. The fourth-order valence-corrected chi connectivity index (χ4v) is 4.05. The van der Waals surface area contributed by atoms with Crippen LogP contribution in [0.1, 0.15) is 5.56 Å². The molecule has 27 heavy (non-hydrogen) atoms. The van der Waals surface area contributed by atoms with Gasteiger partial charge in [-0.15, -0.1) is 0 Å². The average molecular weight is 390 g/mol. The molecule has 0 aliphatic carbocycles. The van der Waals surface area contributed by atoms with E-state index in [0.717, 1.165) is 0 Å². The van der Waals surface area contributed by atoms with Gasteiger partial charge in [0.1, 0.15) is 22.8 Å². The summed E-state index contributed by atoms with van der Waals surface area (Å²) < 4.78 is 46.3. The van der Waals surface area contributed by atoms with Crippen LogP contribution >= 0.6 is 0 Å². The maximum Gasteiger partial charge on any atom is 0.355 e. The van der Waals surface area contributed by atoms with Crippen LogP contribution in [0.15, 0.2) is 56.6 Å². The third-order valence-corrected chi connectivity index (χ3v) is 5.73. The van der Waals surface area contributed by atoms with E-state index in [4.69, 9.17) is 18.6 Å². The minimum Gasteiger partial charge on any atom is -0.497 e. The van der Waals surface area contributed by atoms with E-state index < -0.39 is 20.4 Å². The number of hydrogen-bond donors (Lipinski definition) is 0. The summed E-state index contributed by atoms with van der Waals surface area (Å²) in [6.07, 6.45) is 0. The Morgan fingerprint density at radius 3 is 2.15 bits per heavy atom. The molecule has 0 radical (unpaired) electrons. The second kappa shape index (κ2) is 7.32. The molecule has 0 aliphatic rings. The first-order chi connectivity index (χ1) is 12.9. The van der Waals surface area contributed by atoms with Gasteiger partial charge in [-0.1, -0.05) is 12.1 Å². The first-order valence-electron chi connectivity index (χ1n) is 7.93. The molecule has 0 unspecified atom stereocenters. The highest BCUT2D eigenvalue weighted by molar-refractivity contribution is 7.90. The normalized spacial score (nSPS) is 11.4. The van der Waals surface area contributed by atoms with Crippen molar-refractivity contribution in [3.63, 3.8) is 0 Å². The summed E-state index contributed by atoms with van der Waals surface area (Å²) in [5, 5.41) is 0.367. The second-order valence-corrected chi connectivity index (χ2v) is 7.70. The van der Waals surface area contributed by atoms with Crippen molar-refractivity contribution in [1.82, 2.24) is 0 Å². The summed E-state index contributed by atoms with van der Waals surface area (Å²) in [5.74, 6) is 1.04. The fourth-order valence-electron chi connectivity index (χ4n) is 2.67. The molecule has 0 saturated carbocycles. The lowest BCUT2D eigenvalue weighted by Crippen LogP contribution is -2.16. The summed E-state index contributed by atoms with van der Waals surface area (Å²) >= 11 is 0. The number of rotatable bonds is 6. The van der Waals surface area contributed by atoms with E-state index in [9.17, 15) is 13.2 Å². The van der Waals surface area contributed by atoms with Crippen LogP contribution in [0.2, 0.25) is 0 Å². The molecule has 0 aliphatic heterocycles. The molecule has 0 spiro atoms. The van der Waals surface area contributed by atoms with Crippen LogP contribution in [0.5, 0.6) is 17.2 Å². The number of benzene rings is 2. The Balaban J connectivity index is 2.08. The maximum atomic E-state index is 12.8. The Labute approximate surface area is 156 Å². The van der Waals surface area contributed by atoms with Gasteiger partial charge in [0, 0.05) is 12.1 Å². The summed E-state index contributed by atoms with van der Waals surface area (Å²) in [7, 11) is 0.493. The molecule has 0 fully saturated rings. The number of methoxy groups -OCH3 is 3. The number of fused-ring (bicyclic) bond motifs is 1. The predicted molar refractivity (Wildman–Crippen MR) is 99.5 cm³/mol. The van der Waals surface area contributed by atoms with Crippen molar-refractivity contribution >= 4 is 20.8 Å². The molecule has 7 nitrogen and oxygen atoms in total. The van der Waals surface area contributed by atoms with Gasteiger partial charge in [0.15, 0.2) is 14.7 Å². The van der Waals surface area contributed by atoms with Crippen LogP contribution in [0, 0.1) is 0 Å². The Hall–Kier alpha value is -3.00. The summed E-state index contributed by atoms with van der Waals surface area (Å²) in [4.78, 5) is 11.9. The molecule has 2 aromatic carbocycles. The van der Waals surface area contributed by atoms with Gasteiger partial charge in [-0.3, -0.25) is 0 Å². The molecule has 0 atom stereocenters. The minimum atomic E-state index is -3.93. The van der Waals surface area contributed by atoms with E-state index in [1.54, 1.807) is 30.3 Å². The highest BCUT2D eigenvalue weighted by Crippen LogP contribution is 2.32. The number of hydrogen-bond acceptors (Lipinski definition) is 7. The molecule has 3 rings (SSSR count). The zero-order valence-electron chi connectivity index (χ0n) is 15.0. The lowest BCUT2D eigenvalue weighted by molar-refractivity contribution is 0.395. The number of sulfone groups is 1. The SMILES string of the molecule is COc1ccc(CS(=O)(=O)c2cc3c(OC)cc(OC)cc3oc2=O)cc1. The largest absolute Gasteiger partial charge is 0.497 e. The lowest BCUT2D eigenvalue weighted by atomic mass is 10.2. The van der Waals surface area contributed by atoms with Gasteiger partial charge < -0.3 is 18.6 Å². The Morgan fingerprint density at radius 1 is 0.889 bits per heavy atom. The van der Waals surface area contributed by atoms with Crippen molar-refractivity contribution in [2.24, 2.45) is 0 Å². The quantitative estimate of drug-likeness (QED) is 0.598. The first kappa shape index (κ1) is 18.8. The molecule has 3 aromatic rings. The Bertz CT molecular complexity index is 1130. The molecule has 0 amide bonds. The van der Waals surface area contributed by atoms with Crippen LogP contribution in [0.3, 0.4) is 0 Å². The summed E-state index contributed by atoms with van der Waals surface area (Å²) in [6.45, 7) is 0. The highest BCUT2D eigenvalue weighted by Gasteiger charge is 2.23. The van der Waals surface area contributed by atoms with E-state index in [0.29, 0.717) is 28.2 Å². The predicted octanol–water partition coefficient (Wildman–Crippen LogP) is 2.79. The molecule has 142 valence electrons. The molecule has 1 heterocycles. The van der Waals surface area contributed by atoms with E-state index in [2.05, 4.69) is 0 Å². The summed E-state index contributed by atoms with van der Waals surface area (Å²) in [5.41, 5.74) is -0.233. The topological polar surface area (TPSA) is 92.0 Å². The third kappa shape index (κ3) is 3.75. The molecular weight excluding hydrogens is 372 g/mol. The van der Waals surface area contributed by atoms with E-state index in [-0.39, 0.29) is 11.3 Å². The molecule has 0 bridgehead atoms. The van der Waals surface area contributed by atoms with Gasteiger partial charge in [-0.25, -0.2) is 13.2 Å². The lowest BCUT2D eigenvalue weighted by Gasteiger charge is -2.10. The third-order valence-electron chi connectivity index (χ3n) is 4.06. The fraction of sp³-hybridized carbons (Fsp3) is 0.211. The van der Waals surface area contributed by atoms with E-state index in [1.165, 1.54) is 33.5 Å². The van der Waals surface area contributed by atoms with E-state index in [1.807, 2.05) is 0 Å². The average Bonchev–Trinajstić information content (AvgIpc) is 2.66.